The first-order valence-electron chi connectivity index (χ1n) is 5.02. The van der Waals surface area contributed by atoms with E-state index in [0.717, 1.165) is 5.76 Å². The summed E-state index contributed by atoms with van der Waals surface area (Å²) < 4.78 is 15.2. The average Bonchev–Trinajstić information content (AvgIpc) is 2.63. The molecule has 1 aromatic heterocycles. The van der Waals surface area contributed by atoms with Crippen LogP contribution in [0.15, 0.2) is 22.8 Å². The van der Waals surface area contributed by atoms with Gasteiger partial charge in [0.05, 0.1) is 17.5 Å². The zero-order chi connectivity index (χ0) is 11.5. The average molecular weight is 209 g/mol. The Morgan fingerprint density at radius 1 is 1.07 bits per heavy atom. The van der Waals surface area contributed by atoms with Gasteiger partial charge in [-0.1, -0.05) is 0 Å². The first-order valence-corrected chi connectivity index (χ1v) is 5.02. The van der Waals surface area contributed by atoms with Crippen molar-refractivity contribution in [3.05, 3.63) is 24.2 Å². The molecular formula is C11H18BO3. The molecule has 1 radical (unpaired) electrons. The number of hydrogen-bond acceptors (Lipinski definition) is 3. The molecule has 2 heterocycles. The van der Waals surface area contributed by atoms with Crippen LogP contribution >= 0.6 is 0 Å². The van der Waals surface area contributed by atoms with Gasteiger partial charge in [0.25, 0.3) is 0 Å². The third kappa shape index (κ3) is 3.11. The van der Waals surface area contributed by atoms with Gasteiger partial charge in [0.1, 0.15) is 5.76 Å². The molecule has 0 aliphatic carbocycles. The summed E-state index contributed by atoms with van der Waals surface area (Å²) in [6, 6.07) is 3.79. The Hall–Kier alpha value is -0.735. The van der Waals surface area contributed by atoms with Crippen LogP contribution in [0.5, 0.6) is 0 Å². The zero-order valence-electron chi connectivity index (χ0n) is 10.0. The maximum Gasteiger partial charge on any atom is 0.488 e. The highest BCUT2D eigenvalue weighted by molar-refractivity contribution is 6.19. The van der Waals surface area contributed by atoms with Gasteiger partial charge in [-0.15, -0.1) is 0 Å². The van der Waals surface area contributed by atoms with Crippen molar-refractivity contribution in [3.63, 3.8) is 0 Å². The van der Waals surface area contributed by atoms with Gasteiger partial charge in [0, 0.05) is 0 Å². The smallest absolute Gasteiger partial charge is 0.470 e. The summed E-state index contributed by atoms with van der Waals surface area (Å²) in [4.78, 5) is 0. The van der Waals surface area contributed by atoms with E-state index in [4.69, 9.17) is 13.7 Å². The molecule has 1 aliphatic rings. The van der Waals surface area contributed by atoms with E-state index >= 15 is 0 Å². The predicted molar refractivity (Wildman–Crippen MR) is 59.5 cm³/mol. The summed E-state index contributed by atoms with van der Waals surface area (Å²) in [6.45, 7) is 9.96. The second-order valence-corrected chi connectivity index (χ2v) is 4.58. The van der Waals surface area contributed by atoms with Crippen molar-refractivity contribution in [3.8, 4) is 0 Å². The van der Waals surface area contributed by atoms with E-state index < -0.39 is 0 Å². The van der Waals surface area contributed by atoms with E-state index in [1.54, 1.807) is 6.26 Å². The van der Waals surface area contributed by atoms with Crippen LogP contribution in [0.4, 0.5) is 0 Å². The van der Waals surface area contributed by atoms with Crippen molar-refractivity contribution in [2.45, 2.75) is 45.8 Å². The minimum atomic E-state index is -0.188. The molecule has 0 aromatic carbocycles. The lowest BCUT2D eigenvalue weighted by molar-refractivity contribution is 0.00578. The van der Waals surface area contributed by atoms with Crippen molar-refractivity contribution >= 4 is 7.69 Å². The van der Waals surface area contributed by atoms with Gasteiger partial charge in [0.15, 0.2) is 0 Å². The van der Waals surface area contributed by atoms with Gasteiger partial charge in [-0.25, -0.2) is 0 Å². The second-order valence-electron chi connectivity index (χ2n) is 4.58. The van der Waals surface area contributed by atoms with Crippen LogP contribution in [0.3, 0.4) is 0 Å². The van der Waals surface area contributed by atoms with Crippen LogP contribution in [-0.2, 0) is 9.31 Å². The van der Waals surface area contributed by atoms with Crippen LogP contribution in [0.25, 0.3) is 0 Å². The molecule has 83 valence electrons. The van der Waals surface area contributed by atoms with E-state index in [1.165, 1.54) is 7.69 Å². The number of aryl methyl sites for hydroxylation is 1. The fourth-order valence-corrected chi connectivity index (χ4v) is 0.909. The highest BCUT2D eigenvalue weighted by Crippen LogP contribution is 2.33. The van der Waals surface area contributed by atoms with Gasteiger partial charge in [0.2, 0.25) is 0 Å². The molecule has 1 saturated heterocycles. The lowest BCUT2D eigenvalue weighted by atomic mass is 9.90. The van der Waals surface area contributed by atoms with E-state index in [2.05, 4.69) is 0 Å². The molecule has 4 heteroatoms. The maximum absolute atomic E-state index is 5.21. The molecule has 0 unspecified atom stereocenters. The lowest BCUT2D eigenvalue weighted by Gasteiger charge is -2.32. The molecule has 0 amide bonds. The molecule has 2 rings (SSSR count). The second kappa shape index (κ2) is 4.41. The molecular weight excluding hydrogens is 191 g/mol. The van der Waals surface area contributed by atoms with Crippen molar-refractivity contribution in [1.82, 2.24) is 0 Å². The summed E-state index contributed by atoms with van der Waals surface area (Å²) in [5.74, 6) is 0.968. The molecule has 0 saturated carbocycles. The van der Waals surface area contributed by atoms with E-state index in [1.807, 2.05) is 46.8 Å². The highest BCUT2D eigenvalue weighted by atomic mass is 16.7. The van der Waals surface area contributed by atoms with Crippen molar-refractivity contribution in [1.29, 1.82) is 0 Å². The minimum absolute atomic E-state index is 0.187. The summed E-state index contributed by atoms with van der Waals surface area (Å²) in [5.41, 5.74) is -0.375. The Morgan fingerprint density at radius 3 is 1.73 bits per heavy atom. The predicted octanol–water partition coefficient (Wildman–Crippen LogP) is 2.71. The monoisotopic (exact) mass is 209 g/mol. The lowest BCUT2D eigenvalue weighted by Crippen LogP contribution is -2.41. The molecule has 1 aromatic rings. The number of rotatable bonds is 0. The van der Waals surface area contributed by atoms with Gasteiger partial charge < -0.3 is 13.7 Å². The van der Waals surface area contributed by atoms with E-state index in [0.29, 0.717) is 0 Å². The maximum atomic E-state index is 5.21. The van der Waals surface area contributed by atoms with Gasteiger partial charge >= 0.3 is 7.69 Å². The molecule has 0 N–H and O–H groups in total. The topological polar surface area (TPSA) is 31.6 Å². The molecule has 15 heavy (non-hydrogen) atoms. The van der Waals surface area contributed by atoms with Crippen LogP contribution in [0.1, 0.15) is 33.5 Å². The quantitative estimate of drug-likeness (QED) is 0.615. The third-order valence-corrected chi connectivity index (χ3v) is 2.80. The molecule has 1 aliphatic heterocycles. The standard InChI is InChI=1S/C6H12BO2.C5H6O/c1-5(2)6(3,4)9-7-8-5;1-5-3-2-4-6-5/h1-4H3;2-4H,1H3. The molecule has 0 spiro atoms. The Kier molecular flexibility index (Phi) is 3.63. The number of furan rings is 1. The summed E-state index contributed by atoms with van der Waals surface area (Å²) in [6.07, 6.45) is 1.66. The van der Waals surface area contributed by atoms with Crippen molar-refractivity contribution < 1.29 is 13.7 Å². The largest absolute Gasteiger partial charge is 0.488 e. The molecule has 0 atom stereocenters. The first kappa shape index (κ1) is 12.3. The first-order chi connectivity index (χ1) is 6.85. The van der Waals surface area contributed by atoms with E-state index in [9.17, 15) is 0 Å². The summed E-state index contributed by atoms with van der Waals surface area (Å²) in [7, 11) is 1.42. The molecule has 3 nitrogen and oxygen atoms in total. The normalized spacial score (nSPS) is 21.4. The number of hydrogen-bond donors (Lipinski definition) is 0. The fraction of sp³-hybridized carbons (Fsp3) is 0.636. The van der Waals surface area contributed by atoms with Crippen molar-refractivity contribution in [2.24, 2.45) is 0 Å². The van der Waals surface area contributed by atoms with Crippen LogP contribution in [0.2, 0.25) is 0 Å². The summed E-state index contributed by atoms with van der Waals surface area (Å²) in [5, 5.41) is 0. The van der Waals surface area contributed by atoms with Crippen LogP contribution in [-0.4, -0.2) is 18.9 Å². The Bertz CT molecular complexity index is 277. The zero-order valence-corrected chi connectivity index (χ0v) is 10.0. The van der Waals surface area contributed by atoms with Crippen molar-refractivity contribution in [2.75, 3.05) is 0 Å². The Balaban J connectivity index is 0.000000162. The van der Waals surface area contributed by atoms with Crippen LogP contribution in [0, 0.1) is 6.92 Å². The Morgan fingerprint density at radius 2 is 1.60 bits per heavy atom. The van der Waals surface area contributed by atoms with Gasteiger partial charge in [-0.05, 0) is 46.8 Å². The summed E-state index contributed by atoms with van der Waals surface area (Å²) >= 11 is 0. The fourth-order valence-electron chi connectivity index (χ4n) is 0.909. The highest BCUT2D eigenvalue weighted by Gasteiger charge is 2.44. The van der Waals surface area contributed by atoms with Crippen LogP contribution < -0.4 is 0 Å². The SMILES string of the molecule is CC1(C)O[B]OC1(C)C.Cc1ccco1. The van der Waals surface area contributed by atoms with Gasteiger partial charge in [-0.2, -0.15) is 0 Å². The third-order valence-electron chi connectivity index (χ3n) is 2.80. The molecule has 0 bridgehead atoms. The molecule has 1 fully saturated rings. The van der Waals surface area contributed by atoms with Gasteiger partial charge in [-0.3, -0.25) is 0 Å². The Labute approximate surface area is 92.1 Å². The minimum Gasteiger partial charge on any atom is -0.470 e. The van der Waals surface area contributed by atoms with E-state index in [-0.39, 0.29) is 11.2 Å².